The highest BCUT2D eigenvalue weighted by Gasteiger charge is 2.47. The molecule has 106 valence electrons. The Morgan fingerprint density at radius 1 is 1.32 bits per heavy atom. The van der Waals surface area contributed by atoms with Crippen LogP contribution in [0.2, 0.25) is 0 Å². The minimum Gasteiger partial charge on any atom is -0.487 e. The fraction of sp³-hybridized carbons (Fsp3) is 0.625. The van der Waals surface area contributed by atoms with Gasteiger partial charge in [0.25, 0.3) is 0 Å². The molecule has 0 amide bonds. The molecule has 1 aliphatic rings. The molecule has 0 radical (unpaired) electrons. The van der Waals surface area contributed by atoms with E-state index in [0.717, 1.165) is 23.3 Å². The van der Waals surface area contributed by atoms with Crippen LogP contribution >= 0.6 is 11.6 Å². The van der Waals surface area contributed by atoms with Gasteiger partial charge in [0.15, 0.2) is 0 Å². The Kier molecular flexibility index (Phi) is 3.85. The first-order valence-electron chi connectivity index (χ1n) is 6.76. The Morgan fingerprint density at radius 2 is 2.00 bits per heavy atom. The van der Waals surface area contributed by atoms with Gasteiger partial charge in [0.05, 0.1) is 11.5 Å². The van der Waals surface area contributed by atoms with Crippen LogP contribution in [0, 0.1) is 6.92 Å². The van der Waals surface area contributed by atoms with E-state index in [9.17, 15) is 0 Å². The topological polar surface area (TPSA) is 18.5 Å². The SMILES string of the molecule is Cc1cccc(CCl)c1OC1CC(C)(C)OC1(C)C. The number of hydrogen-bond donors (Lipinski definition) is 0. The van der Waals surface area contributed by atoms with E-state index in [0.29, 0.717) is 5.88 Å². The molecule has 1 aliphatic heterocycles. The van der Waals surface area contributed by atoms with Crippen molar-refractivity contribution < 1.29 is 9.47 Å². The van der Waals surface area contributed by atoms with Crippen molar-refractivity contribution in [1.29, 1.82) is 0 Å². The summed E-state index contributed by atoms with van der Waals surface area (Å²) < 4.78 is 12.3. The predicted molar refractivity (Wildman–Crippen MR) is 79.0 cm³/mol. The van der Waals surface area contributed by atoms with Crippen LogP contribution in [-0.2, 0) is 10.6 Å². The number of benzene rings is 1. The quantitative estimate of drug-likeness (QED) is 0.762. The van der Waals surface area contributed by atoms with Gasteiger partial charge < -0.3 is 9.47 Å². The normalized spacial score (nSPS) is 24.4. The lowest BCUT2D eigenvalue weighted by atomic mass is 9.97. The highest BCUT2D eigenvalue weighted by Crippen LogP contribution is 2.40. The number of para-hydroxylation sites is 1. The predicted octanol–water partition coefficient (Wildman–Crippen LogP) is 4.46. The molecule has 0 aliphatic carbocycles. The highest BCUT2D eigenvalue weighted by atomic mass is 35.5. The molecule has 1 unspecified atom stereocenters. The number of ether oxygens (including phenoxy) is 2. The molecule has 0 saturated carbocycles. The van der Waals surface area contributed by atoms with Crippen LogP contribution < -0.4 is 4.74 Å². The zero-order valence-electron chi connectivity index (χ0n) is 12.4. The monoisotopic (exact) mass is 282 g/mol. The Hall–Kier alpha value is -0.730. The zero-order chi connectivity index (χ0) is 14.3. The summed E-state index contributed by atoms with van der Waals surface area (Å²) in [6.07, 6.45) is 0.932. The van der Waals surface area contributed by atoms with Gasteiger partial charge in [0.1, 0.15) is 17.5 Å². The molecule has 1 aromatic rings. The third-order valence-corrected chi connectivity index (χ3v) is 3.98. The van der Waals surface area contributed by atoms with E-state index in [4.69, 9.17) is 21.1 Å². The van der Waals surface area contributed by atoms with Crippen LogP contribution in [0.4, 0.5) is 0 Å². The highest BCUT2D eigenvalue weighted by molar-refractivity contribution is 6.17. The summed E-state index contributed by atoms with van der Waals surface area (Å²) in [4.78, 5) is 0. The van der Waals surface area contributed by atoms with Crippen LogP contribution in [0.3, 0.4) is 0 Å². The standard InChI is InChI=1S/C16H23ClO2/c1-11-7-6-8-12(10-17)14(11)18-13-9-15(2,3)19-16(13,4)5/h6-8,13H,9-10H2,1-5H3. The van der Waals surface area contributed by atoms with Gasteiger partial charge >= 0.3 is 0 Å². The Balaban J connectivity index is 2.27. The van der Waals surface area contributed by atoms with E-state index in [1.807, 2.05) is 12.1 Å². The minimum absolute atomic E-state index is 0.0468. The average molecular weight is 283 g/mol. The molecular formula is C16H23ClO2. The van der Waals surface area contributed by atoms with Crippen LogP contribution in [0.1, 0.15) is 45.2 Å². The second kappa shape index (κ2) is 4.99. The van der Waals surface area contributed by atoms with Crippen LogP contribution in [0.15, 0.2) is 18.2 Å². The molecule has 0 aromatic heterocycles. The van der Waals surface area contributed by atoms with Crippen molar-refractivity contribution in [2.24, 2.45) is 0 Å². The minimum atomic E-state index is -0.282. The average Bonchev–Trinajstić information content (AvgIpc) is 2.49. The second-order valence-electron chi connectivity index (χ2n) is 6.47. The summed E-state index contributed by atoms with van der Waals surface area (Å²) >= 11 is 6.01. The molecule has 1 heterocycles. The van der Waals surface area contributed by atoms with E-state index in [2.05, 4.69) is 40.7 Å². The smallest absolute Gasteiger partial charge is 0.130 e. The van der Waals surface area contributed by atoms with Crippen molar-refractivity contribution in [1.82, 2.24) is 0 Å². The zero-order valence-corrected chi connectivity index (χ0v) is 13.2. The van der Waals surface area contributed by atoms with Gasteiger partial charge in [-0.15, -0.1) is 11.6 Å². The van der Waals surface area contributed by atoms with Gasteiger partial charge in [0.2, 0.25) is 0 Å². The first-order valence-corrected chi connectivity index (χ1v) is 7.30. The molecule has 1 atom stereocenters. The molecule has 2 nitrogen and oxygen atoms in total. The molecule has 0 bridgehead atoms. The first kappa shape index (κ1) is 14.7. The van der Waals surface area contributed by atoms with Crippen LogP contribution in [-0.4, -0.2) is 17.3 Å². The number of aryl methyl sites for hydroxylation is 1. The second-order valence-corrected chi connectivity index (χ2v) is 6.74. The third kappa shape index (κ3) is 3.06. The summed E-state index contributed by atoms with van der Waals surface area (Å²) in [5.41, 5.74) is 1.74. The first-order chi connectivity index (χ1) is 8.75. The fourth-order valence-electron chi connectivity index (χ4n) is 2.82. The molecule has 0 N–H and O–H groups in total. The molecular weight excluding hydrogens is 260 g/mol. The summed E-state index contributed by atoms with van der Waals surface area (Å²) in [6, 6.07) is 6.09. The van der Waals surface area contributed by atoms with Crippen molar-refractivity contribution in [2.75, 3.05) is 0 Å². The summed E-state index contributed by atoms with van der Waals surface area (Å²) in [6.45, 7) is 10.5. The lowest BCUT2D eigenvalue weighted by Crippen LogP contribution is -2.37. The maximum Gasteiger partial charge on any atom is 0.130 e. The van der Waals surface area contributed by atoms with E-state index < -0.39 is 0 Å². The van der Waals surface area contributed by atoms with E-state index >= 15 is 0 Å². The van der Waals surface area contributed by atoms with E-state index in [-0.39, 0.29) is 17.3 Å². The van der Waals surface area contributed by atoms with Gasteiger partial charge in [-0.2, -0.15) is 0 Å². The Bertz CT molecular complexity index is 466. The van der Waals surface area contributed by atoms with Gasteiger partial charge in [-0.25, -0.2) is 0 Å². The molecule has 0 spiro atoms. The Morgan fingerprint density at radius 3 is 2.53 bits per heavy atom. The van der Waals surface area contributed by atoms with Gasteiger partial charge in [-0.3, -0.25) is 0 Å². The van der Waals surface area contributed by atoms with Crippen molar-refractivity contribution in [2.45, 2.75) is 64.2 Å². The van der Waals surface area contributed by atoms with E-state index in [1.165, 1.54) is 0 Å². The molecule has 1 fully saturated rings. The number of rotatable bonds is 3. The summed E-state index contributed by atoms with van der Waals surface area (Å²) in [7, 11) is 0. The fourth-order valence-corrected chi connectivity index (χ4v) is 3.04. The lowest BCUT2D eigenvalue weighted by Gasteiger charge is -2.28. The van der Waals surface area contributed by atoms with Gasteiger partial charge in [0, 0.05) is 12.0 Å². The maximum absolute atomic E-state index is 6.27. The number of halogens is 1. The van der Waals surface area contributed by atoms with E-state index in [1.54, 1.807) is 0 Å². The van der Waals surface area contributed by atoms with Crippen molar-refractivity contribution in [3.63, 3.8) is 0 Å². The van der Waals surface area contributed by atoms with Crippen molar-refractivity contribution in [3.05, 3.63) is 29.3 Å². The van der Waals surface area contributed by atoms with Crippen LogP contribution in [0.5, 0.6) is 5.75 Å². The molecule has 1 saturated heterocycles. The van der Waals surface area contributed by atoms with Crippen LogP contribution in [0.25, 0.3) is 0 Å². The summed E-state index contributed by atoms with van der Waals surface area (Å²) in [5.74, 6) is 1.38. The lowest BCUT2D eigenvalue weighted by molar-refractivity contribution is -0.0847. The maximum atomic E-state index is 6.27. The number of hydrogen-bond acceptors (Lipinski definition) is 2. The molecule has 1 aromatic carbocycles. The molecule has 19 heavy (non-hydrogen) atoms. The third-order valence-electron chi connectivity index (χ3n) is 3.69. The van der Waals surface area contributed by atoms with Gasteiger partial charge in [-0.1, -0.05) is 18.2 Å². The molecule has 2 rings (SSSR count). The van der Waals surface area contributed by atoms with Crippen molar-refractivity contribution >= 4 is 11.6 Å². The number of alkyl halides is 1. The Labute approximate surface area is 121 Å². The molecule has 3 heteroatoms. The largest absolute Gasteiger partial charge is 0.487 e. The van der Waals surface area contributed by atoms with Crippen molar-refractivity contribution in [3.8, 4) is 5.75 Å². The van der Waals surface area contributed by atoms with Gasteiger partial charge in [-0.05, 0) is 40.2 Å². The summed E-state index contributed by atoms with van der Waals surface area (Å²) in [5, 5.41) is 0.